The Morgan fingerprint density at radius 1 is 1.03 bits per heavy atom. The van der Waals surface area contributed by atoms with Crippen LogP contribution >= 0.6 is 11.3 Å². The number of anilines is 2. The molecule has 0 radical (unpaired) electrons. The predicted molar refractivity (Wildman–Crippen MR) is 149 cm³/mol. The van der Waals surface area contributed by atoms with Gasteiger partial charge in [-0.1, -0.05) is 35.6 Å². The first kappa shape index (κ1) is 24.4. The zero-order chi connectivity index (χ0) is 27.1. The number of imide groups is 1. The maximum absolute atomic E-state index is 13.8. The van der Waals surface area contributed by atoms with Crippen molar-refractivity contribution in [1.82, 2.24) is 4.98 Å². The van der Waals surface area contributed by atoms with E-state index in [1.807, 2.05) is 25.1 Å². The summed E-state index contributed by atoms with van der Waals surface area (Å²) in [6.07, 6.45) is 2.83. The first-order chi connectivity index (χ1) is 18.9. The van der Waals surface area contributed by atoms with Gasteiger partial charge < -0.3 is 4.42 Å². The van der Waals surface area contributed by atoms with Gasteiger partial charge in [0.1, 0.15) is 11.8 Å². The first-order valence-electron chi connectivity index (χ1n) is 12.1. The summed E-state index contributed by atoms with van der Waals surface area (Å²) < 4.78 is 6.45. The molecule has 39 heavy (non-hydrogen) atoms. The largest absolute Gasteiger partial charge is 0.463 e. The van der Waals surface area contributed by atoms with Crippen molar-refractivity contribution in [2.24, 2.45) is 5.10 Å². The average molecular weight is 537 g/mol. The second-order valence-electron chi connectivity index (χ2n) is 9.02. The fourth-order valence-electron chi connectivity index (χ4n) is 4.37. The van der Waals surface area contributed by atoms with Crippen LogP contribution in [0.2, 0.25) is 0 Å². The van der Waals surface area contributed by atoms with Gasteiger partial charge in [0.25, 0.3) is 5.91 Å². The van der Waals surface area contributed by atoms with E-state index in [1.54, 1.807) is 42.5 Å². The summed E-state index contributed by atoms with van der Waals surface area (Å²) in [5, 5.41) is 6.18. The summed E-state index contributed by atoms with van der Waals surface area (Å²) in [4.78, 5) is 57.1. The van der Waals surface area contributed by atoms with Crippen LogP contribution in [0.4, 0.5) is 10.8 Å². The van der Waals surface area contributed by atoms with E-state index in [1.165, 1.54) is 29.9 Å². The molecular weight excluding hydrogens is 516 g/mol. The second-order valence-corrected chi connectivity index (χ2v) is 10.0. The van der Waals surface area contributed by atoms with Crippen molar-refractivity contribution in [3.8, 4) is 0 Å². The number of thiazole rings is 1. The van der Waals surface area contributed by atoms with E-state index in [0.717, 1.165) is 20.2 Å². The standard InChI is InChI=1S/C29H20N4O5S/c1-17-9-10-22-24(13-17)39-29(31-22)33(30-15-19-16-38-23-8-3-2-7-21(23)27(19)36)28(37)18-5-4-6-20(14-18)32-25(34)11-12-26(32)35/h2-10,13-16H,11-12H2,1H3/b30-15+. The number of amides is 3. The van der Waals surface area contributed by atoms with Crippen LogP contribution in [0, 0.1) is 6.92 Å². The molecule has 1 saturated heterocycles. The minimum absolute atomic E-state index is 0.132. The molecule has 0 saturated carbocycles. The molecule has 1 aliphatic heterocycles. The van der Waals surface area contributed by atoms with E-state index < -0.39 is 5.91 Å². The molecule has 0 unspecified atom stereocenters. The Morgan fingerprint density at radius 3 is 2.64 bits per heavy atom. The number of hydrazone groups is 1. The number of carbonyl (C=O) groups is 3. The van der Waals surface area contributed by atoms with Gasteiger partial charge in [0.2, 0.25) is 22.4 Å². The number of rotatable bonds is 5. The Bertz CT molecular complexity index is 1870. The fraction of sp³-hybridized carbons (Fsp3) is 0.103. The summed E-state index contributed by atoms with van der Waals surface area (Å²) in [6.45, 7) is 1.96. The van der Waals surface area contributed by atoms with Crippen molar-refractivity contribution in [1.29, 1.82) is 0 Å². The highest BCUT2D eigenvalue weighted by Crippen LogP contribution is 2.31. The molecule has 3 aromatic carbocycles. The quantitative estimate of drug-likeness (QED) is 0.177. The molecule has 0 aliphatic carbocycles. The Balaban J connectivity index is 1.43. The van der Waals surface area contributed by atoms with Crippen molar-refractivity contribution in [3.05, 3.63) is 99.9 Å². The zero-order valence-electron chi connectivity index (χ0n) is 20.7. The summed E-state index contributed by atoms with van der Waals surface area (Å²) in [5.74, 6) is -1.18. The van der Waals surface area contributed by atoms with Gasteiger partial charge in [0.15, 0.2) is 0 Å². The number of benzene rings is 3. The predicted octanol–water partition coefficient (Wildman–Crippen LogP) is 5.05. The number of nitrogens with zero attached hydrogens (tertiary/aromatic N) is 4. The molecule has 3 heterocycles. The lowest BCUT2D eigenvalue weighted by Crippen LogP contribution is -2.30. The molecule has 9 nitrogen and oxygen atoms in total. The molecule has 1 fully saturated rings. The highest BCUT2D eigenvalue weighted by molar-refractivity contribution is 7.22. The van der Waals surface area contributed by atoms with E-state index in [4.69, 9.17) is 4.42 Å². The lowest BCUT2D eigenvalue weighted by Gasteiger charge is -2.17. The molecule has 5 aromatic rings. The fourth-order valence-corrected chi connectivity index (χ4v) is 5.39. The number of aromatic nitrogens is 1. The third-order valence-corrected chi connectivity index (χ3v) is 7.32. The van der Waals surface area contributed by atoms with E-state index in [0.29, 0.717) is 27.3 Å². The third kappa shape index (κ3) is 4.51. The van der Waals surface area contributed by atoms with Crippen molar-refractivity contribution in [3.63, 3.8) is 0 Å². The average Bonchev–Trinajstić information content (AvgIpc) is 3.51. The van der Waals surface area contributed by atoms with Crippen LogP contribution in [0.1, 0.15) is 34.3 Å². The van der Waals surface area contributed by atoms with E-state index in [-0.39, 0.29) is 41.2 Å². The highest BCUT2D eigenvalue weighted by Gasteiger charge is 2.31. The Hall–Kier alpha value is -4.96. The van der Waals surface area contributed by atoms with E-state index >= 15 is 0 Å². The van der Waals surface area contributed by atoms with Crippen molar-refractivity contribution >= 4 is 67.3 Å². The minimum atomic E-state index is -0.548. The van der Waals surface area contributed by atoms with Crippen LogP contribution in [0.3, 0.4) is 0 Å². The van der Waals surface area contributed by atoms with Crippen LogP contribution in [0.15, 0.2) is 87.3 Å². The van der Waals surface area contributed by atoms with Crippen LogP contribution in [-0.2, 0) is 9.59 Å². The summed E-state index contributed by atoms with van der Waals surface area (Å²) in [5.41, 5.74) is 2.55. The van der Waals surface area contributed by atoms with E-state index in [2.05, 4.69) is 10.1 Å². The monoisotopic (exact) mass is 536 g/mol. The zero-order valence-corrected chi connectivity index (χ0v) is 21.5. The maximum Gasteiger partial charge on any atom is 0.280 e. The molecule has 0 spiro atoms. The smallest absolute Gasteiger partial charge is 0.280 e. The van der Waals surface area contributed by atoms with Crippen molar-refractivity contribution in [2.45, 2.75) is 19.8 Å². The van der Waals surface area contributed by atoms with Gasteiger partial charge >= 0.3 is 0 Å². The minimum Gasteiger partial charge on any atom is -0.463 e. The Morgan fingerprint density at radius 2 is 1.82 bits per heavy atom. The van der Waals surface area contributed by atoms with Crippen LogP contribution in [0.5, 0.6) is 0 Å². The number of carbonyl (C=O) groups excluding carboxylic acids is 3. The van der Waals surface area contributed by atoms with Crippen LogP contribution in [-0.4, -0.2) is 28.9 Å². The molecule has 0 N–H and O–H groups in total. The lowest BCUT2D eigenvalue weighted by molar-refractivity contribution is -0.121. The molecule has 2 aromatic heterocycles. The number of para-hydroxylation sites is 1. The van der Waals surface area contributed by atoms with Gasteiger partial charge in [0, 0.05) is 18.4 Å². The number of aryl methyl sites for hydroxylation is 1. The molecule has 1 aliphatic rings. The van der Waals surface area contributed by atoms with Gasteiger partial charge in [-0.3, -0.25) is 24.1 Å². The van der Waals surface area contributed by atoms with Gasteiger partial charge in [-0.25, -0.2) is 4.98 Å². The summed E-state index contributed by atoms with van der Waals surface area (Å²) >= 11 is 1.27. The molecule has 6 rings (SSSR count). The topological polar surface area (TPSA) is 113 Å². The van der Waals surface area contributed by atoms with E-state index in [9.17, 15) is 19.2 Å². The van der Waals surface area contributed by atoms with Gasteiger partial charge in [-0.05, 0) is 55.0 Å². The van der Waals surface area contributed by atoms with Gasteiger partial charge in [-0.15, -0.1) is 0 Å². The first-order valence-corrected chi connectivity index (χ1v) is 12.9. The second kappa shape index (κ2) is 9.73. The van der Waals surface area contributed by atoms with Crippen molar-refractivity contribution < 1.29 is 18.8 Å². The lowest BCUT2D eigenvalue weighted by atomic mass is 10.1. The number of fused-ring (bicyclic) bond motifs is 2. The van der Waals surface area contributed by atoms with Crippen LogP contribution in [0.25, 0.3) is 21.2 Å². The molecule has 0 atom stereocenters. The molecule has 3 amide bonds. The maximum atomic E-state index is 13.8. The highest BCUT2D eigenvalue weighted by atomic mass is 32.1. The van der Waals surface area contributed by atoms with Gasteiger partial charge in [-0.2, -0.15) is 10.1 Å². The Kier molecular flexibility index (Phi) is 6.08. The molecule has 0 bridgehead atoms. The number of hydrogen-bond donors (Lipinski definition) is 0. The number of hydrogen-bond acceptors (Lipinski definition) is 8. The van der Waals surface area contributed by atoms with Gasteiger partial charge in [0.05, 0.1) is 33.1 Å². The SMILES string of the molecule is Cc1ccc2nc(N(/N=C/c3coc4ccccc4c3=O)C(=O)c3cccc(N4C(=O)CCC4=O)c3)sc2c1. The summed E-state index contributed by atoms with van der Waals surface area (Å²) in [7, 11) is 0. The Labute approximate surface area is 225 Å². The summed E-state index contributed by atoms with van der Waals surface area (Å²) in [6, 6.07) is 18.9. The van der Waals surface area contributed by atoms with Crippen molar-refractivity contribution in [2.75, 3.05) is 9.91 Å². The molecule has 10 heteroatoms. The third-order valence-electron chi connectivity index (χ3n) is 6.33. The van der Waals surface area contributed by atoms with Crippen LogP contribution < -0.4 is 15.3 Å². The molecule has 192 valence electrons. The normalized spacial score (nSPS) is 13.7. The molecular formula is C29H20N4O5S.